The number of hydrogen-bond acceptors (Lipinski definition) is 5. The maximum Gasteiger partial charge on any atom is 0.332 e. The Morgan fingerprint density at radius 2 is 2.15 bits per heavy atom. The smallest absolute Gasteiger partial charge is 0.332 e. The topological polar surface area (TPSA) is 52.6 Å². The van der Waals surface area contributed by atoms with Gasteiger partial charge in [-0.05, 0) is 17.8 Å². The van der Waals surface area contributed by atoms with E-state index in [0.29, 0.717) is 4.32 Å². The van der Waals surface area contributed by atoms with Crippen molar-refractivity contribution in [3.8, 4) is 0 Å². The van der Waals surface area contributed by atoms with Crippen LogP contribution in [0.15, 0.2) is 0 Å². The van der Waals surface area contributed by atoms with Crippen molar-refractivity contribution in [2.75, 3.05) is 21.1 Å². The number of nitrogens with one attached hydrogen (secondary N) is 1. The fourth-order valence-corrected chi connectivity index (χ4v) is 2.75. The molecule has 7 heteroatoms. The summed E-state index contributed by atoms with van der Waals surface area (Å²) >= 11 is 4.98. The molecular weight excluding hydrogens is 228 g/mol. The lowest BCUT2D eigenvalue weighted by Gasteiger charge is -2.14. The van der Waals surface area contributed by atoms with Crippen molar-refractivity contribution >= 4 is 44.1 Å². The van der Waals surface area contributed by atoms with E-state index < -0.39 is 11.3 Å². The van der Waals surface area contributed by atoms with Gasteiger partial charge >= 0.3 is 5.97 Å². The standard InChI is InChI=1S/C6H12N2O2S3/c1-7-4(5(9)10)12-13-6(11)8(2)3/h4,7H,1-3H3,(H,9,10). The van der Waals surface area contributed by atoms with Crippen LogP contribution in [0.2, 0.25) is 0 Å². The van der Waals surface area contributed by atoms with E-state index in [-0.39, 0.29) is 0 Å². The van der Waals surface area contributed by atoms with Crippen LogP contribution in [-0.4, -0.2) is 46.8 Å². The maximum absolute atomic E-state index is 10.6. The fraction of sp³-hybridized carbons (Fsp3) is 0.667. The molecule has 13 heavy (non-hydrogen) atoms. The number of nitrogens with zero attached hydrogens (tertiary/aromatic N) is 1. The van der Waals surface area contributed by atoms with Gasteiger partial charge in [0, 0.05) is 14.1 Å². The average Bonchev–Trinajstić information content (AvgIpc) is 2.04. The van der Waals surface area contributed by atoms with Gasteiger partial charge in [0.25, 0.3) is 0 Å². The monoisotopic (exact) mass is 240 g/mol. The number of carboxylic acids is 1. The number of carboxylic acid groups (broad SMARTS) is 1. The number of rotatable bonds is 4. The second kappa shape index (κ2) is 6.47. The highest BCUT2D eigenvalue weighted by atomic mass is 33.1. The second-order valence-electron chi connectivity index (χ2n) is 2.35. The van der Waals surface area contributed by atoms with E-state index in [4.69, 9.17) is 17.3 Å². The molecule has 4 nitrogen and oxygen atoms in total. The van der Waals surface area contributed by atoms with Crippen LogP contribution in [0.1, 0.15) is 0 Å². The third kappa shape index (κ3) is 5.35. The highest BCUT2D eigenvalue weighted by molar-refractivity contribution is 8.84. The summed E-state index contributed by atoms with van der Waals surface area (Å²) in [7, 11) is 7.72. The molecule has 0 saturated heterocycles. The SMILES string of the molecule is CNC(SSC(=S)N(C)C)C(=O)O. The van der Waals surface area contributed by atoms with Crippen LogP contribution in [0.3, 0.4) is 0 Å². The Hall–Kier alpha value is 0.0200. The predicted octanol–water partition coefficient (Wildman–Crippen LogP) is 0.844. The zero-order chi connectivity index (χ0) is 10.4. The number of likely N-dealkylation sites (N-methyl/N-ethyl adjacent to an activating group) is 1. The van der Waals surface area contributed by atoms with Crippen molar-refractivity contribution in [3.63, 3.8) is 0 Å². The molecule has 1 atom stereocenters. The maximum atomic E-state index is 10.6. The number of carbonyl (C=O) groups is 1. The molecule has 0 aliphatic carbocycles. The van der Waals surface area contributed by atoms with Crippen molar-refractivity contribution in [1.82, 2.24) is 10.2 Å². The van der Waals surface area contributed by atoms with E-state index in [1.54, 1.807) is 11.9 Å². The van der Waals surface area contributed by atoms with Gasteiger partial charge in [-0.25, -0.2) is 4.79 Å². The third-order valence-corrected chi connectivity index (χ3v) is 4.57. The van der Waals surface area contributed by atoms with Gasteiger partial charge in [-0.2, -0.15) is 0 Å². The van der Waals surface area contributed by atoms with Gasteiger partial charge < -0.3 is 10.0 Å². The van der Waals surface area contributed by atoms with Gasteiger partial charge in [-0.3, -0.25) is 5.32 Å². The molecule has 0 radical (unpaired) electrons. The van der Waals surface area contributed by atoms with Gasteiger partial charge in [-0.1, -0.05) is 23.0 Å². The van der Waals surface area contributed by atoms with Gasteiger partial charge in [0.15, 0.2) is 5.37 Å². The van der Waals surface area contributed by atoms with Gasteiger partial charge in [0.1, 0.15) is 4.32 Å². The van der Waals surface area contributed by atoms with Crippen molar-refractivity contribution in [3.05, 3.63) is 0 Å². The van der Waals surface area contributed by atoms with E-state index in [1.807, 2.05) is 14.1 Å². The van der Waals surface area contributed by atoms with Gasteiger partial charge in [0.2, 0.25) is 0 Å². The largest absolute Gasteiger partial charge is 0.479 e. The quantitative estimate of drug-likeness (QED) is 0.429. The van der Waals surface area contributed by atoms with Gasteiger partial charge in [0.05, 0.1) is 0 Å². The van der Waals surface area contributed by atoms with Crippen LogP contribution in [0, 0.1) is 0 Å². The van der Waals surface area contributed by atoms with Crippen LogP contribution in [0.4, 0.5) is 0 Å². The molecule has 0 aromatic carbocycles. The lowest BCUT2D eigenvalue weighted by molar-refractivity contribution is -0.136. The summed E-state index contributed by atoms with van der Waals surface area (Å²) < 4.78 is 0.659. The molecule has 0 amide bonds. The molecule has 0 rings (SSSR count). The van der Waals surface area contributed by atoms with E-state index in [1.165, 1.54) is 21.6 Å². The third-order valence-electron chi connectivity index (χ3n) is 1.07. The van der Waals surface area contributed by atoms with Crippen molar-refractivity contribution in [1.29, 1.82) is 0 Å². The molecule has 0 saturated carbocycles. The van der Waals surface area contributed by atoms with Crippen LogP contribution in [0.5, 0.6) is 0 Å². The second-order valence-corrected chi connectivity index (χ2v) is 5.29. The van der Waals surface area contributed by atoms with Crippen molar-refractivity contribution in [2.45, 2.75) is 5.37 Å². The summed E-state index contributed by atoms with van der Waals surface area (Å²) in [4.78, 5) is 12.3. The van der Waals surface area contributed by atoms with Crippen LogP contribution < -0.4 is 5.32 Å². The molecule has 2 N–H and O–H groups in total. The minimum absolute atomic E-state index is 0.622. The average molecular weight is 240 g/mol. The Labute approximate surface area is 90.8 Å². The lowest BCUT2D eigenvalue weighted by atomic mass is 10.7. The molecular formula is C6H12N2O2S3. The Balaban J connectivity index is 3.85. The minimum atomic E-state index is -0.887. The molecule has 0 aliphatic rings. The minimum Gasteiger partial charge on any atom is -0.479 e. The summed E-state index contributed by atoms with van der Waals surface area (Å²) in [6.45, 7) is 0. The lowest BCUT2D eigenvalue weighted by Crippen LogP contribution is -2.30. The predicted molar refractivity (Wildman–Crippen MR) is 62.0 cm³/mol. The van der Waals surface area contributed by atoms with Crippen molar-refractivity contribution in [2.24, 2.45) is 0 Å². The molecule has 0 fully saturated rings. The molecule has 0 spiro atoms. The first-order valence-corrected chi connectivity index (χ1v) is 6.05. The summed E-state index contributed by atoms with van der Waals surface area (Å²) in [5, 5.41) is 10.7. The summed E-state index contributed by atoms with van der Waals surface area (Å²) in [6, 6.07) is 0. The number of hydrogen-bond donors (Lipinski definition) is 2. The van der Waals surface area contributed by atoms with Crippen molar-refractivity contribution < 1.29 is 9.90 Å². The van der Waals surface area contributed by atoms with Crippen LogP contribution in [-0.2, 0) is 4.79 Å². The first-order chi connectivity index (χ1) is 5.99. The molecule has 0 aromatic heterocycles. The molecule has 1 unspecified atom stereocenters. The molecule has 76 valence electrons. The summed E-state index contributed by atoms with van der Waals surface area (Å²) in [5.41, 5.74) is 0. The number of aliphatic carboxylic acids is 1. The zero-order valence-corrected chi connectivity index (χ0v) is 10.1. The Morgan fingerprint density at radius 3 is 2.46 bits per heavy atom. The first-order valence-electron chi connectivity index (χ1n) is 3.43. The number of thiocarbonyl (C=S) groups is 1. The van der Waals surface area contributed by atoms with E-state index in [2.05, 4.69) is 5.32 Å². The molecule has 0 heterocycles. The fourth-order valence-electron chi connectivity index (χ4n) is 0.377. The van der Waals surface area contributed by atoms with E-state index in [0.717, 1.165) is 0 Å². The van der Waals surface area contributed by atoms with E-state index >= 15 is 0 Å². The summed E-state index contributed by atoms with van der Waals surface area (Å²) in [5.74, 6) is -0.887. The summed E-state index contributed by atoms with van der Waals surface area (Å²) in [6.07, 6.45) is 0. The first kappa shape index (κ1) is 13.0. The Bertz CT molecular complexity index is 198. The van der Waals surface area contributed by atoms with Gasteiger partial charge in [-0.15, -0.1) is 0 Å². The van der Waals surface area contributed by atoms with Crippen LogP contribution in [0.25, 0.3) is 0 Å². The normalized spacial score (nSPS) is 12.2. The van der Waals surface area contributed by atoms with Crippen LogP contribution >= 0.6 is 33.8 Å². The zero-order valence-electron chi connectivity index (χ0n) is 7.60. The molecule has 0 bridgehead atoms. The highest BCUT2D eigenvalue weighted by Crippen LogP contribution is 2.27. The highest BCUT2D eigenvalue weighted by Gasteiger charge is 2.16. The Kier molecular flexibility index (Phi) is 6.48. The van der Waals surface area contributed by atoms with E-state index in [9.17, 15) is 4.79 Å². The molecule has 0 aliphatic heterocycles. The molecule has 0 aromatic rings. The Morgan fingerprint density at radius 1 is 1.62 bits per heavy atom.